The molecule has 1 aliphatic rings. The minimum atomic E-state index is -0.604. The predicted molar refractivity (Wildman–Crippen MR) is 77.9 cm³/mol. The van der Waals surface area contributed by atoms with Crippen molar-refractivity contribution in [2.75, 3.05) is 6.61 Å². The molecule has 1 rings (SSSR count). The number of allylic oxidation sites excluding steroid dienone is 2. The van der Waals surface area contributed by atoms with Crippen molar-refractivity contribution in [2.24, 2.45) is 5.41 Å². The van der Waals surface area contributed by atoms with Crippen LogP contribution >= 0.6 is 0 Å². The first-order valence-electron chi connectivity index (χ1n) is 6.97. The normalized spacial score (nSPS) is 26.5. The maximum absolute atomic E-state index is 10.6. The molecule has 0 aromatic heterocycles. The second-order valence-corrected chi connectivity index (χ2v) is 6.34. The van der Waals surface area contributed by atoms with E-state index in [1.54, 1.807) is 0 Å². The zero-order valence-corrected chi connectivity index (χ0v) is 12.9. The highest BCUT2D eigenvalue weighted by Crippen LogP contribution is 2.36. The van der Waals surface area contributed by atoms with Crippen molar-refractivity contribution < 1.29 is 14.6 Å². The summed E-state index contributed by atoms with van der Waals surface area (Å²) in [7, 11) is 0. The van der Waals surface area contributed by atoms with Gasteiger partial charge in [-0.2, -0.15) is 0 Å². The summed E-state index contributed by atoms with van der Waals surface area (Å²) in [6, 6.07) is 0. The molecule has 3 atom stereocenters. The molecule has 1 heterocycles. The number of hydrogen-bond acceptors (Lipinski definition) is 3. The summed E-state index contributed by atoms with van der Waals surface area (Å²) in [5, 5.41) is 10.6. The summed E-state index contributed by atoms with van der Waals surface area (Å²) in [5.74, 6) is -0.604. The lowest BCUT2D eigenvalue weighted by molar-refractivity contribution is -0.159. The summed E-state index contributed by atoms with van der Waals surface area (Å²) in [6.45, 7) is 14.2. The van der Waals surface area contributed by atoms with E-state index in [4.69, 9.17) is 9.47 Å². The fourth-order valence-electron chi connectivity index (χ4n) is 2.34. The molecular weight excluding hydrogens is 240 g/mol. The molecule has 0 aliphatic carbocycles. The zero-order valence-electron chi connectivity index (χ0n) is 12.9. The standard InChI is InChI=1S/C16H28O3/c1-7-16(6,10-8-9-12(2)3)14(17)13-11-18-15(4,5)19-13/h7,9,13-14,17H,1,8,10-11H2,2-6H3/t13-,14-,16-/m1/s1. The van der Waals surface area contributed by atoms with Gasteiger partial charge in [0.25, 0.3) is 0 Å². The Labute approximate surface area is 117 Å². The first-order chi connectivity index (χ1) is 8.70. The lowest BCUT2D eigenvalue weighted by Gasteiger charge is -2.34. The van der Waals surface area contributed by atoms with Crippen molar-refractivity contribution in [3.8, 4) is 0 Å². The van der Waals surface area contributed by atoms with Crippen LogP contribution in [0.2, 0.25) is 0 Å². The van der Waals surface area contributed by atoms with Gasteiger partial charge >= 0.3 is 0 Å². The van der Waals surface area contributed by atoms with Crippen molar-refractivity contribution in [1.82, 2.24) is 0 Å². The van der Waals surface area contributed by atoms with Crippen molar-refractivity contribution >= 4 is 0 Å². The molecule has 0 bridgehead atoms. The molecule has 1 saturated heterocycles. The third-order valence-electron chi connectivity index (χ3n) is 3.76. The van der Waals surface area contributed by atoms with Gasteiger partial charge in [0.05, 0.1) is 12.7 Å². The number of aliphatic hydroxyl groups excluding tert-OH is 1. The molecule has 0 radical (unpaired) electrons. The quantitative estimate of drug-likeness (QED) is 0.750. The van der Waals surface area contributed by atoms with Crippen molar-refractivity contribution in [1.29, 1.82) is 0 Å². The van der Waals surface area contributed by atoms with Gasteiger partial charge in [-0.05, 0) is 40.5 Å². The molecule has 110 valence electrons. The third kappa shape index (κ3) is 4.44. The van der Waals surface area contributed by atoms with E-state index in [0.29, 0.717) is 6.61 Å². The second-order valence-electron chi connectivity index (χ2n) is 6.34. The SMILES string of the molecule is C=C[C@](C)(CCC=C(C)C)[C@H](O)[C@H]1COC(C)(C)O1. The average molecular weight is 268 g/mol. The molecule has 0 saturated carbocycles. The van der Waals surface area contributed by atoms with Crippen molar-refractivity contribution in [2.45, 2.75) is 65.5 Å². The molecule has 1 N–H and O–H groups in total. The molecule has 1 fully saturated rings. The van der Waals surface area contributed by atoms with Crippen molar-refractivity contribution in [3.05, 3.63) is 24.3 Å². The Hall–Kier alpha value is -0.640. The number of rotatable bonds is 6. The van der Waals surface area contributed by atoms with Crippen LogP contribution in [0.3, 0.4) is 0 Å². The van der Waals surface area contributed by atoms with E-state index in [1.165, 1.54) is 5.57 Å². The van der Waals surface area contributed by atoms with E-state index in [9.17, 15) is 5.11 Å². The van der Waals surface area contributed by atoms with Crippen molar-refractivity contribution in [3.63, 3.8) is 0 Å². The van der Waals surface area contributed by atoms with Gasteiger partial charge in [-0.25, -0.2) is 0 Å². The van der Waals surface area contributed by atoms with Crippen LogP contribution in [0.15, 0.2) is 24.3 Å². The molecule has 0 spiro atoms. The van der Waals surface area contributed by atoms with Gasteiger partial charge in [-0.15, -0.1) is 6.58 Å². The van der Waals surface area contributed by atoms with Crippen LogP contribution in [0, 0.1) is 5.41 Å². The van der Waals surface area contributed by atoms with Crippen LogP contribution < -0.4 is 0 Å². The topological polar surface area (TPSA) is 38.7 Å². The number of ether oxygens (including phenoxy) is 2. The van der Waals surface area contributed by atoms with Crippen LogP contribution in [0.4, 0.5) is 0 Å². The van der Waals surface area contributed by atoms with E-state index in [2.05, 4.69) is 26.5 Å². The highest BCUT2D eigenvalue weighted by molar-refractivity contribution is 5.03. The highest BCUT2D eigenvalue weighted by Gasteiger charge is 2.43. The number of aliphatic hydroxyl groups is 1. The van der Waals surface area contributed by atoms with Crippen LogP contribution in [-0.2, 0) is 9.47 Å². The Morgan fingerprint density at radius 1 is 1.53 bits per heavy atom. The first kappa shape index (κ1) is 16.4. The first-order valence-corrected chi connectivity index (χ1v) is 6.97. The van der Waals surface area contributed by atoms with Gasteiger partial charge in [-0.1, -0.05) is 24.6 Å². The van der Waals surface area contributed by atoms with Gasteiger partial charge in [0.15, 0.2) is 5.79 Å². The fourth-order valence-corrected chi connectivity index (χ4v) is 2.34. The molecule has 3 heteroatoms. The third-order valence-corrected chi connectivity index (χ3v) is 3.76. The summed E-state index contributed by atoms with van der Waals surface area (Å²) in [5.41, 5.74) is 0.933. The predicted octanol–water partition coefficient (Wildman–Crippen LogP) is 3.44. The van der Waals surface area contributed by atoms with E-state index < -0.39 is 11.9 Å². The smallest absolute Gasteiger partial charge is 0.163 e. The molecule has 0 aromatic rings. The van der Waals surface area contributed by atoms with E-state index in [0.717, 1.165) is 12.8 Å². The fraction of sp³-hybridized carbons (Fsp3) is 0.750. The molecule has 0 unspecified atom stereocenters. The summed E-state index contributed by atoms with van der Waals surface area (Å²) in [4.78, 5) is 0. The number of hydrogen-bond donors (Lipinski definition) is 1. The maximum atomic E-state index is 10.6. The lowest BCUT2D eigenvalue weighted by Crippen LogP contribution is -2.42. The van der Waals surface area contributed by atoms with Gasteiger partial charge in [0.1, 0.15) is 6.10 Å². The molecule has 19 heavy (non-hydrogen) atoms. The molecule has 3 nitrogen and oxygen atoms in total. The zero-order chi connectivity index (χ0) is 14.7. The minimum absolute atomic E-state index is 0.287. The van der Waals surface area contributed by atoms with Gasteiger partial charge in [0.2, 0.25) is 0 Å². The van der Waals surface area contributed by atoms with Crippen LogP contribution in [0.5, 0.6) is 0 Å². The largest absolute Gasteiger partial charge is 0.389 e. The Morgan fingerprint density at radius 2 is 2.16 bits per heavy atom. The summed E-state index contributed by atoms with van der Waals surface area (Å²) < 4.78 is 11.3. The van der Waals surface area contributed by atoms with Gasteiger partial charge in [-0.3, -0.25) is 0 Å². The van der Waals surface area contributed by atoms with Crippen LogP contribution in [-0.4, -0.2) is 29.7 Å². The maximum Gasteiger partial charge on any atom is 0.163 e. The molecule has 1 aliphatic heterocycles. The Bertz CT molecular complexity index is 342. The minimum Gasteiger partial charge on any atom is -0.389 e. The Kier molecular flexibility index (Phi) is 5.36. The molecular formula is C16H28O3. The summed E-state index contributed by atoms with van der Waals surface area (Å²) >= 11 is 0. The second kappa shape index (κ2) is 6.21. The average Bonchev–Trinajstić information content (AvgIpc) is 2.68. The van der Waals surface area contributed by atoms with E-state index >= 15 is 0 Å². The lowest BCUT2D eigenvalue weighted by atomic mass is 9.77. The van der Waals surface area contributed by atoms with Gasteiger partial charge in [0, 0.05) is 5.41 Å². The Morgan fingerprint density at radius 3 is 2.58 bits per heavy atom. The Balaban J connectivity index is 2.67. The highest BCUT2D eigenvalue weighted by atomic mass is 16.7. The summed E-state index contributed by atoms with van der Waals surface area (Å²) in [6.07, 6.45) is 4.92. The molecule has 0 aromatic carbocycles. The van der Waals surface area contributed by atoms with Crippen LogP contribution in [0.1, 0.15) is 47.5 Å². The van der Waals surface area contributed by atoms with E-state index in [-0.39, 0.29) is 11.5 Å². The van der Waals surface area contributed by atoms with Gasteiger partial charge < -0.3 is 14.6 Å². The monoisotopic (exact) mass is 268 g/mol. The molecule has 0 amide bonds. The van der Waals surface area contributed by atoms with Crippen LogP contribution in [0.25, 0.3) is 0 Å². The van der Waals surface area contributed by atoms with E-state index in [1.807, 2.05) is 26.8 Å².